The average molecular weight is 359 g/mol. The van der Waals surface area contributed by atoms with Gasteiger partial charge >= 0.3 is 0 Å². The number of thioether (sulfide) groups is 1. The van der Waals surface area contributed by atoms with Crippen molar-refractivity contribution in [3.63, 3.8) is 0 Å². The third-order valence-corrected chi connectivity index (χ3v) is 4.19. The molecule has 2 rings (SSSR count). The molecule has 0 fully saturated rings. The van der Waals surface area contributed by atoms with Gasteiger partial charge in [-0.25, -0.2) is 0 Å². The maximum atomic E-state index is 12.2. The quantitative estimate of drug-likeness (QED) is 0.559. The minimum atomic E-state index is -0.160. The molecule has 0 aliphatic heterocycles. The largest absolute Gasteiger partial charge is 0.326 e. The van der Waals surface area contributed by atoms with Gasteiger partial charge in [-0.05, 0) is 18.2 Å². The Morgan fingerprint density at radius 3 is 2.64 bits per heavy atom. The lowest BCUT2D eigenvalue weighted by atomic mass is 10.2. The van der Waals surface area contributed by atoms with E-state index in [-0.39, 0.29) is 17.6 Å². The highest BCUT2D eigenvalue weighted by molar-refractivity contribution is 7.99. The number of hydrogen-bond acceptors (Lipinski definition) is 5. The van der Waals surface area contributed by atoms with Gasteiger partial charge in [-0.15, -0.1) is 16.8 Å². The molecule has 0 unspecified atom stereocenters. The predicted octanol–water partition coefficient (Wildman–Crippen LogP) is 2.72. The van der Waals surface area contributed by atoms with Crippen LogP contribution in [0.2, 0.25) is 0 Å². The highest BCUT2D eigenvalue weighted by atomic mass is 32.2. The van der Waals surface area contributed by atoms with Crippen LogP contribution < -0.4 is 10.6 Å². The van der Waals surface area contributed by atoms with Crippen molar-refractivity contribution < 1.29 is 9.59 Å². The number of aryl methyl sites for hydroxylation is 1. The molecule has 8 heteroatoms. The van der Waals surface area contributed by atoms with Crippen molar-refractivity contribution in [1.29, 1.82) is 0 Å². The summed E-state index contributed by atoms with van der Waals surface area (Å²) in [5, 5.41) is 14.4. The lowest BCUT2D eigenvalue weighted by Gasteiger charge is -2.08. The van der Waals surface area contributed by atoms with Gasteiger partial charge in [0.05, 0.1) is 5.75 Å². The summed E-state index contributed by atoms with van der Waals surface area (Å²) in [7, 11) is 0. The number of aromatic nitrogens is 3. The van der Waals surface area contributed by atoms with Gasteiger partial charge in [-0.1, -0.05) is 30.8 Å². The highest BCUT2D eigenvalue weighted by Crippen LogP contribution is 2.19. The van der Waals surface area contributed by atoms with Crippen molar-refractivity contribution in [1.82, 2.24) is 14.8 Å². The number of hydrogen-bond donors (Lipinski definition) is 2. The number of benzene rings is 1. The predicted molar refractivity (Wildman–Crippen MR) is 99.7 cm³/mol. The number of nitrogens with one attached hydrogen (secondary N) is 2. The third kappa shape index (κ3) is 5.46. The summed E-state index contributed by atoms with van der Waals surface area (Å²) in [5.74, 6) is 0.762. The van der Waals surface area contributed by atoms with Crippen LogP contribution in [0.15, 0.2) is 42.1 Å². The van der Waals surface area contributed by atoms with E-state index in [1.807, 2.05) is 11.5 Å². The molecule has 2 amide bonds. The van der Waals surface area contributed by atoms with E-state index in [1.54, 1.807) is 30.3 Å². The fraction of sp³-hybridized carbons (Fsp3) is 0.294. The van der Waals surface area contributed by atoms with E-state index < -0.39 is 0 Å². The van der Waals surface area contributed by atoms with Crippen LogP contribution >= 0.6 is 11.8 Å². The van der Waals surface area contributed by atoms with Crippen LogP contribution in [0.3, 0.4) is 0 Å². The topological polar surface area (TPSA) is 88.9 Å². The monoisotopic (exact) mass is 359 g/mol. The van der Waals surface area contributed by atoms with Crippen LogP contribution in [-0.2, 0) is 22.6 Å². The second-order valence-electron chi connectivity index (χ2n) is 5.25. The second-order valence-corrected chi connectivity index (χ2v) is 6.19. The van der Waals surface area contributed by atoms with Crippen LogP contribution in [0.4, 0.5) is 11.4 Å². The summed E-state index contributed by atoms with van der Waals surface area (Å²) < 4.78 is 1.95. The van der Waals surface area contributed by atoms with E-state index in [0.717, 1.165) is 12.2 Å². The molecule has 7 nitrogen and oxygen atoms in total. The zero-order valence-electron chi connectivity index (χ0n) is 14.3. The van der Waals surface area contributed by atoms with E-state index in [4.69, 9.17) is 0 Å². The molecule has 0 spiro atoms. The van der Waals surface area contributed by atoms with Crippen molar-refractivity contribution in [2.24, 2.45) is 0 Å². The van der Waals surface area contributed by atoms with Crippen LogP contribution in [0.25, 0.3) is 0 Å². The van der Waals surface area contributed by atoms with E-state index >= 15 is 0 Å². The van der Waals surface area contributed by atoms with Crippen molar-refractivity contribution in [3.05, 3.63) is 42.7 Å². The van der Waals surface area contributed by atoms with E-state index in [2.05, 4.69) is 27.4 Å². The summed E-state index contributed by atoms with van der Waals surface area (Å²) >= 11 is 1.33. The zero-order chi connectivity index (χ0) is 18.2. The average Bonchev–Trinajstić information content (AvgIpc) is 2.95. The molecule has 132 valence electrons. The molecule has 1 aromatic carbocycles. The zero-order valence-corrected chi connectivity index (χ0v) is 15.1. The SMILES string of the molecule is C=CCn1c(CC)nnc1SCC(=O)Nc1cccc(NC(C)=O)c1. The maximum Gasteiger partial charge on any atom is 0.234 e. The molecular formula is C17H21N5O2S. The number of amides is 2. The molecule has 0 aliphatic carbocycles. The minimum Gasteiger partial charge on any atom is -0.326 e. The fourth-order valence-corrected chi connectivity index (χ4v) is 2.97. The first-order valence-electron chi connectivity index (χ1n) is 7.86. The minimum absolute atomic E-state index is 0.156. The fourth-order valence-electron chi connectivity index (χ4n) is 2.20. The Balaban J connectivity index is 1.96. The van der Waals surface area contributed by atoms with Gasteiger partial charge in [0.2, 0.25) is 11.8 Å². The maximum absolute atomic E-state index is 12.2. The molecular weight excluding hydrogens is 338 g/mol. The first-order valence-corrected chi connectivity index (χ1v) is 8.85. The second kappa shape index (κ2) is 9.03. The Morgan fingerprint density at radius 1 is 1.28 bits per heavy atom. The Kier molecular flexibility index (Phi) is 6.76. The van der Waals surface area contributed by atoms with Crippen molar-refractivity contribution in [2.75, 3.05) is 16.4 Å². The molecule has 2 N–H and O–H groups in total. The molecule has 0 aliphatic rings. The molecule has 2 aromatic rings. The van der Waals surface area contributed by atoms with Crippen molar-refractivity contribution in [3.8, 4) is 0 Å². The summed E-state index contributed by atoms with van der Waals surface area (Å²) in [6.07, 6.45) is 2.55. The lowest BCUT2D eigenvalue weighted by molar-refractivity contribution is -0.114. The first kappa shape index (κ1) is 18.7. The Hall–Kier alpha value is -2.61. The third-order valence-electron chi connectivity index (χ3n) is 3.22. The molecule has 0 bridgehead atoms. The van der Waals surface area contributed by atoms with Gasteiger partial charge in [0, 0.05) is 31.3 Å². The van der Waals surface area contributed by atoms with Crippen LogP contribution in [-0.4, -0.2) is 32.3 Å². The lowest BCUT2D eigenvalue weighted by Crippen LogP contribution is -2.15. The Morgan fingerprint density at radius 2 is 2.00 bits per heavy atom. The van der Waals surface area contributed by atoms with Crippen LogP contribution in [0, 0.1) is 0 Å². The number of rotatable bonds is 8. The van der Waals surface area contributed by atoms with Gasteiger partial charge in [0.25, 0.3) is 0 Å². The molecule has 25 heavy (non-hydrogen) atoms. The molecule has 0 saturated heterocycles. The Labute approximate surface area is 150 Å². The van der Waals surface area contributed by atoms with E-state index in [1.165, 1.54) is 18.7 Å². The number of carbonyl (C=O) groups excluding carboxylic acids is 2. The Bertz CT molecular complexity index is 772. The van der Waals surface area contributed by atoms with Crippen molar-refractivity contribution in [2.45, 2.75) is 32.0 Å². The number of allylic oxidation sites excluding steroid dienone is 1. The smallest absolute Gasteiger partial charge is 0.234 e. The highest BCUT2D eigenvalue weighted by Gasteiger charge is 2.12. The molecule has 0 atom stereocenters. The molecule has 1 heterocycles. The number of nitrogens with zero attached hydrogens (tertiary/aromatic N) is 3. The first-order chi connectivity index (χ1) is 12.0. The van der Waals surface area contributed by atoms with Gasteiger partial charge in [-0.2, -0.15) is 0 Å². The molecule has 1 aromatic heterocycles. The van der Waals surface area contributed by atoms with E-state index in [0.29, 0.717) is 23.1 Å². The summed E-state index contributed by atoms with van der Waals surface area (Å²) in [4.78, 5) is 23.3. The molecule has 0 saturated carbocycles. The van der Waals surface area contributed by atoms with Gasteiger partial charge in [-0.3, -0.25) is 9.59 Å². The number of carbonyl (C=O) groups is 2. The van der Waals surface area contributed by atoms with Crippen LogP contribution in [0.1, 0.15) is 19.7 Å². The number of anilines is 2. The van der Waals surface area contributed by atoms with E-state index in [9.17, 15) is 9.59 Å². The van der Waals surface area contributed by atoms with Gasteiger partial charge in [0.1, 0.15) is 5.82 Å². The standard InChI is InChI=1S/C17H21N5O2S/c1-4-9-22-15(5-2)20-21-17(22)25-11-16(24)19-14-8-6-7-13(10-14)18-12(3)23/h4,6-8,10H,1,5,9,11H2,2-3H3,(H,18,23)(H,19,24). The van der Waals surface area contributed by atoms with Gasteiger partial charge in [0.15, 0.2) is 5.16 Å². The summed E-state index contributed by atoms with van der Waals surface area (Å²) in [6, 6.07) is 7.00. The summed E-state index contributed by atoms with van der Waals surface area (Å²) in [5.41, 5.74) is 1.26. The summed E-state index contributed by atoms with van der Waals surface area (Å²) in [6.45, 7) is 7.79. The normalized spacial score (nSPS) is 10.3. The van der Waals surface area contributed by atoms with Crippen LogP contribution in [0.5, 0.6) is 0 Å². The van der Waals surface area contributed by atoms with Gasteiger partial charge < -0.3 is 15.2 Å². The van der Waals surface area contributed by atoms with Crippen molar-refractivity contribution >= 4 is 35.0 Å². The molecule has 0 radical (unpaired) electrons.